The van der Waals surface area contributed by atoms with Gasteiger partial charge in [0.05, 0.1) is 7.11 Å². The van der Waals surface area contributed by atoms with Crippen molar-refractivity contribution in [3.8, 4) is 5.95 Å². The van der Waals surface area contributed by atoms with Crippen LogP contribution < -0.4 is 4.74 Å². The van der Waals surface area contributed by atoms with Crippen LogP contribution in [0.15, 0.2) is 4.42 Å². The zero-order valence-corrected chi connectivity index (χ0v) is 6.82. The normalized spacial score (nSPS) is 10.0. The maximum Gasteiger partial charge on any atom is 0.287 e. The predicted octanol–water partition coefficient (Wildman–Crippen LogP) is 2.21. The number of methoxy groups -OCH3 is 1. The lowest BCUT2D eigenvalue weighted by atomic mass is 10.2. The Bertz CT molecular complexity index is 236. The summed E-state index contributed by atoms with van der Waals surface area (Å²) in [4.78, 5) is 0. The van der Waals surface area contributed by atoms with Crippen LogP contribution in [0.25, 0.3) is 0 Å². The molecule has 0 saturated heterocycles. The highest BCUT2D eigenvalue weighted by Gasteiger charge is 2.09. The van der Waals surface area contributed by atoms with E-state index in [1.54, 1.807) is 7.11 Å². The molecule has 0 spiro atoms. The van der Waals surface area contributed by atoms with Crippen molar-refractivity contribution in [2.75, 3.05) is 7.11 Å². The molecule has 0 aliphatic carbocycles. The Morgan fingerprint density at radius 3 is 1.90 bits per heavy atom. The molecule has 0 saturated carbocycles. The molecule has 1 aromatic heterocycles. The number of rotatable bonds is 1. The van der Waals surface area contributed by atoms with Crippen LogP contribution in [0.5, 0.6) is 5.95 Å². The Labute approximate surface area is 60.8 Å². The van der Waals surface area contributed by atoms with Gasteiger partial charge in [-0.3, -0.25) is 0 Å². The third-order valence-electron chi connectivity index (χ3n) is 1.83. The molecule has 0 fully saturated rings. The summed E-state index contributed by atoms with van der Waals surface area (Å²) in [6.45, 7) is 5.95. The summed E-state index contributed by atoms with van der Waals surface area (Å²) in [6, 6.07) is 0. The fraction of sp³-hybridized carbons (Fsp3) is 0.500. The second-order valence-corrected chi connectivity index (χ2v) is 2.40. The van der Waals surface area contributed by atoms with E-state index in [1.165, 1.54) is 5.56 Å². The molecule has 0 atom stereocenters. The summed E-state index contributed by atoms with van der Waals surface area (Å²) in [5.41, 5.74) is 2.27. The van der Waals surface area contributed by atoms with Crippen LogP contribution in [0, 0.1) is 20.8 Å². The van der Waals surface area contributed by atoms with Gasteiger partial charge in [-0.15, -0.1) is 0 Å². The lowest BCUT2D eigenvalue weighted by Crippen LogP contribution is -1.81. The average molecular weight is 140 g/mol. The van der Waals surface area contributed by atoms with Crippen LogP contribution in [0.3, 0.4) is 0 Å². The minimum atomic E-state index is 0.634. The molecule has 0 unspecified atom stereocenters. The van der Waals surface area contributed by atoms with Gasteiger partial charge < -0.3 is 9.15 Å². The molecular formula is C8H12O2. The van der Waals surface area contributed by atoms with Crippen molar-refractivity contribution < 1.29 is 9.15 Å². The van der Waals surface area contributed by atoms with Crippen LogP contribution in [-0.2, 0) is 0 Å². The van der Waals surface area contributed by atoms with Gasteiger partial charge in [-0.05, 0) is 26.3 Å². The van der Waals surface area contributed by atoms with E-state index in [0.717, 1.165) is 11.3 Å². The molecule has 0 aliphatic heterocycles. The van der Waals surface area contributed by atoms with E-state index in [1.807, 2.05) is 20.8 Å². The largest absolute Gasteiger partial charge is 0.468 e. The number of aryl methyl sites for hydroxylation is 1. The Balaban J connectivity index is 3.17. The third kappa shape index (κ3) is 0.897. The maximum absolute atomic E-state index is 5.27. The smallest absolute Gasteiger partial charge is 0.287 e. The first-order valence-corrected chi connectivity index (χ1v) is 3.27. The number of ether oxygens (including phenoxy) is 1. The van der Waals surface area contributed by atoms with E-state index >= 15 is 0 Å². The lowest BCUT2D eigenvalue weighted by molar-refractivity contribution is 0.296. The van der Waals surface area contributed by atoms with Crippen LogP contribution in [0.4, 0.5) is 0 Å². The first-order chi connectivity index (χ1) is 4.66. The first-order valence-electron chi connectivity index (χ1n) is 3.27. The van der Waals surface area contributed by atoms with Crippen molar-refractivity contribution in [2.24, 2.45) is 0 Å². The minimum Gasteiger partial charge on any atom is -0.468 e. The van der Waals surface area contributed by atoms with Crippen molar-refractivity contribution in [2.45, 2.75) is 20.8 Å². The van der Waals surface area contributed by atoms with E-state index in [0.29, 0.717) is 5.95 Å². The summed E-state index contributed by atoms with van der Waals surface area (Å²) in [5, 5.41) is 0. The molecule has 2 nitrogen and oxygen atoms in total. The molecular weight excluding hydrogens is 128 g/mol. The first kappa shape index (κ1) is 7.19. The highest BCUT2D eigenvalue weighted by atomic mass is 16.6. The quantitative estimate of drug-likeness (QED) is 0.596. The lowest BCUT2D eigenvalue weighted by Gasteiger charge is -1.92. The molecule has 2 heteroatoms. The zero-order chi connectivity index (χ0) is 7.72. The highest BCUT2D eigenvalue weighted by molar-refractivity contribution is 5.34. The molecule has 0 bridgehead atoms. The van der Waals surface area contributed by atoms with Crippen molar-refractivity contribution in [3.05, 3.63) is 16.9 Å². The van der Waals surface area contributed by atoms with E-state index in [-0.39, 0.29) is 0 Å². The van der Waals surface area contributed by atoms with Crippen molar-refractivity contribution in [3.63, 3.8) is 0 Å². The van der Waals surface area contributed by atoms with Gasteiger partial charge in [-0.1, -0.05) is 0 Å². The Morgan fingerprint density at radius 2 is 1.70 bits per heavy atom. The van der Waals surface area contributed by atoms with Crippen molar-refractivity contribution in [1.29, 1.82) is 0 Å². The van der Waals surface area contributed by atoms with Gasteiger partial charge >= 0.3 is 0 Å². The second-order valence-electron chi connectivity index (χ2n) is 2.40. The molecule has 1 heterocycles. The molecule has 0 aliphatic rings. The van der Waals surface area contributed by atoms with Gasteiger partial charge in [0.25, 0.3) is 5.95 Å². The topological polar surface area (TPSA) is 22.4 Å². The van der Waals surface area contributed by atoms with Crippen molar-refractivity contribution in [1.82, 2.24) is 0 Å². The third-order valence-corrected chi connectivity index (χ3v) is 1.83. The maximum atomic E-state index is 5.27. The number of hydrogen-bond donors (Lipinski definition) is 0. The fourth-order valence-electron chi connectivity index (χ4n) is 0.904. The van der Waals surface area contributed by atoms with E-state index in [9.17, 15) is 0 Å². The summed E-state index contributed by atoms with van der Waals surface area (Å²) in [5.74, 6) is 1.57. The van der Waals surface area contributed by atoms with Gasteiger partial charge in [-0.2, -0.15) is 0 Å². The van der Waals surface area contributed by atoms with Gasteiger partial charge in [0.1, 0.15) is 5.76 Å². The molecule has 0 radical (unpaired) electrons. The summed E-state index contributed by atoms with van der Waals surface area (Å²) in [6.07, 6.45) is 0. The molecule has 0 N–H and O–H groups in total. The van der Waals surface area contributed by atoms with Crippen LogP contribution >= 0.6 is 0 Å². The standard InChI is InChI=1S/C8H12O2/c1-5-6(2)8(9-4)10-7(5)3/h1-4H3. The number of furan rings is 1. The molecule has 0 amide bonds. The van der Waals surface area contributed by atoms with Gasteiger partial charge in [0.15, 0.2) is 0 Å². The fourth-order valence-corrected chi connectivity index (χ4v) is 0.904. The Kier molecular flexibility index (Phi) is 1.70. The van der Waals surface area contributed by atoms with E-state index in [4.69, 9.17) is 9.15 Å². The van der Waals surface area contributed by atoms with Gasteiger partial charge in [0, 0.05) is 5.56 Å². The summed E-state index contributed by atoms with van der Waals surface area (Å²) < 4.78 is 10.3. The molecule has 0 aromatic carbocycles. The molecule has 1 rings (SSSR count). The van der Waals surface area contributed by atoms with Gasteiger partial charge in [-0.25, -0.2) is 0 Å². The van der Waals surface area contributed by atoms with Crippen LogP contribution in [0.2, 0.25) is 0 Å². The highest BCUT2D eigenvalue weighted by Crippen LogP contribution is 2.26. The second kappa shape index (κ2) is 2.37. The van der Waals surface area contributed by atoms with Crippen LogP contribution in [-0.4, -0.2) is 7.11 Å². The molecule has 56 valence electrons. The van der Waals surface area contributed by atoms with Gasteiger partial charge in [0.2, 0.25) is 0 Å². The SMILES string of the molecule is COc1oc(C)c(C)c1C. The van der Waals surface area contributed by atoms with E-state index in [2.05, 4.69) is 0 Å². The minimum absolute atomic E-state index is 0.634. The average Bonchev–Trinajstić information content (AvgIpc) is 2.17. The van der Waals surface area contributed by atoms with Crippen molar-refractivity contribution >= 4 is 0 Å². The Morgan fingerprint density at radius 1 is 1.10 bits per heavy atom. The molecule has 1 aromatic rings. The number of hydrogen-bond acceptors (Lipinski definition) is 2. The zero-order valence-electron chi connectivity index (χ0n) is 6.82. The monoisotopic (exact) mass is 140 g/mol. The van der Waals surface area contributed by atoms with E-state index < -0.39 is 0 Å². The summed E-state index contributed by atoms with van der Waals surface area (Å²) >= 11 is 0. The Hall–Kier alpha value is -0.920. The van der Waals surface area contributed by atoms with Crippen LogP contribution in [0.1, 0.15) is 16.9 Å². The summed E-state index contributed by atoms with van der Waals surface area (Å²) in [7, 11) is 1.62. The molecule has 10 heavy (non-hydrogen) atoms. The predicted molar refractivity (Wildman–Crippen MR) is 39.5 cm³/mol.